The van der Waals surface area contributed by atoms with Gasteiger partial charge < -0.3 is 5.32 Å². The molecule has 0 aliphatic carbocycles. The summed E-state index contributed by atoms with van der Waals surface area (Å²) >= 11 is 3.24. The molecule has 0 spiro atoms. The van der Waals surface area contributed by atoms with Crippen LogP contribution in [-0.2, 0) is 9.84 Å². The molecule has 0 radical (unpaired) electrons. The van der Waals surface area contributed by atoms with Crippen molar-refractivity contribution in [2.75, 3.05) is 5.32 Å². The Balaban J connectivity index is 1.83. The van der Waals surface area contributed by atoms with Crippen LogP contribution in [0.2, 0.25) is 0 Å². The lowest BCUT2D eigenvalue weighted by Gasteiger charge is -2.09. The number of anilines is 1. The lowest BCUT2D eigenvalue weighted by Crippen LogP contribution is -2.15. The van der Waals surface area contributed by atoms with E-state index < -0.39 is 32.9 Å². The minimum atomic E-state index is -3.72. The van der Waals surface area contributed by atoms with E-state index in [2.05, 4.69) is 21.2 Å². The van der Waals surface area contributed by atoms with Gasteiger partial charge in [0.05, 0.1) is 9.79 Å². The molecule has 8 heteroatoms. The zero-order valence-corrected chi connectivity index (χ0v) is 16.0. The molecule has 0 aliphatic heterocycles. The van der Waals surface area contributed by atoms with Crippen molar-refractivity contribution in [3.8, 4) is 0 Å². The van der Waals surface area contributed by atoms with Gasteiger partial charge in [-0.3, -0.25) is 4.79 Å². The van der Waals surface area contributed by atoms with Crippen LogP contribution < -0.4 is 5.32 Å². The lowest BCUT2D eigenvalue weighted by molar-refractivity contribution is 0.101. The van der Waals surface area contributed by atoms with Gasteiger partial charge in [-0.15, -0.1) is 0 Å². The smallest absolute Gasteiger partial charge is 0.261 e. The number of nitrogens with one attached hydrogen (secondary N) is 1. The molecule has 0 fully saturated rings. The molecule has 3 rings (SSSR count). The van der Waals surface area contributed by atoms with Gasteiger partial charge in [0.15, 0.2) is 0 Å². The Labute approximate surface area is 162 Å². The number of carbonyl (C=O) groups excluding carboxylic acids is 1. The molecule has 3 aromatic rings. The first-order chi connectivity index (χ1) is 12.8. The maximum Gasteiger partial charge on any atom is 0.261 e. The molecule has 3 aromatic carbocycles. The van der Waals surface area contributed by atoms with Crippen molar-refractivity contribution in [3.63, 3.8) is 0 Å². The van der Waals surface area contributed by atoms with Crippen molar-refractivity contribution < 1.29 is 22.0 Å². The molecule has 0 heterocycles. The second-order valence-electron chi connectivity index (χ2n) is 5.53. The standard InChI is InChI=1S/C19H12BrF2NO3S/c20-12-4-8-14(9-5-12)27(25,26)15-10-6-13(7-11-15)23-19(24)18-16(21)2-1-3-17(18)22/h1-11H,(H,23,24). The van der Waals surface area contributed by atoms with E-state index in [1.54, 1.807) is 12.1 Å². The summed E-state index contributed by atoms with van der Waals surface area (Å²) in [6.45, 7) is 0. The molecule has 0 unspecified atom stereocenters. The third-order valence-corrected chi connectivity index (χ3v) is 6.05. The monoisotopic (exact) mass is 451 g/mol. The molecule has 1 N–H and O–H groups in total. The average Bonchev–Trinajstić information content (AvgIpc) is 2.62. The van der Waals surface area contributed by atoms with E-state index >= 15 is 0 Å². The molecule has 0 aliphatic rings. The molecule has 0 saturated carbocycles. The maximum atomic E-state index is 13.7. The summed E-state index contributed by atoms with van der Waals surface area (Å²) in [6, 6.07) is 14.6. The average molecular weight is 452 g/mol. The number of amides is 1. The topological polar surface area (TPSA) is 63.2 Å². The second kappa shape index (κ2) is 7.58. The summed E-state index contributed by atoms with van der Waals surface area (Å²) in [5, 5.41) is 2.35. The molecule has 0 atom stereocenters. The van der Waals surface area contributed by atoms with Crippen LogP contribution in [0.1, 0.15) is 10.4 Å². The SMILES string of the molecule is O=C(Nc1ccc(S(=O)(=O)c2ccc(Br)cc2)cc1)c1c(F)cccc1F. The first kappa shape index (κ1) is 19.2. The minimum Gasteiger partial charge on any atom is -0.322 e. The van der Waals surface area contributed by atoms with Crippen molar-refractivity contribution in [2.45, 2.75) is 9.79 Å². The molecule has 138 valence electrons. The molecule has 0 saturated heterocycles. The van der Waals surface area contributed by atoms with Gasteiger partial charge in [-0.2, -0.15) is 0 Å². The Kier molecular flexibility index (Phi) is 5.38. The predicted molar refractivity (Wildman–Crippen MR) is 100 cm³/mol. The fourth-order valence-electron chi connectivity index (χ4n) is 2.38. The molecule has 27 heavy (non-hydrogen) atoms. The van der Waals surface area contributed by atoms with E-state index in [0.29, 0.717) is 0 Å². The van der Waals surface area contributed by atoms with Gasteiger partial charge in [-0.25, -0.2) is 17.2 Å². The van der Waals surface area contributed by atoms with Crippen LogP contribution in [0, 0.1) is 11.6 Å². The highest BCUT2D eigenvalue weighted by atomic mass is 79.9. The van der Waals surface area contributed by atoms with Crippen molar-refractivity contribution in [1.82, 2.24) is 0 Å². The fraction of sp³-hybridized carbons (Fsp3) is 0. The first-order valence-corrected chi connectivity index (χ1v) is 9.93. The Morgan fingerprint density at radius 2 is 1.30 bits per heavy atom. The summed E-state index contributed by atoms with van der Waals surface area (Å²) in [5.74, 6) is -2.93. The summed E-state index contributed by atoms with van der Waals surface area (Å²) in [6.07, 6.45) is 0. The Morgan fingerprint density at radius 1 is 0.815 bits per heavy atom. The fourth-order valence-corrected chi connectivity index (χ4v) is 3.90. The summed E-state index contributed by atoms with van der Waals surface area (Å²) in [4.78, 5) is 12.2. The highest BCUT2D eigenvalue weighted by Gasteiger charge is 2.19. The summed E-state index contributed by atoms with van der Waals surface area (Å²) < 4.78 is 53.2. The first-order valence-electron chi connectivity index (χ1n) is 7.65. The number of halogens is 3. The van der Waals surface area contributed by atoms with Gasteiger partial charge in [0, 0.05) is 10.2 Å². The van der Waals surface area contributed by atoms with Crippen LogP contribution in [0.5, 0.6) is 0 Å². The number of hydrogen-bond donors (Lipinski definition) is 1. The third-order valence-electron chi connectivity index (χ3n) is 3.74. The number of sulfone groups is 1. The van der Waals surface area contributed by atoms with Gasteiger partial charge in [-0.05, 0) is 60.7 Å². The molecule has 0 bridgehead atoms. The Hall–Kier alpha value is -2.58. The summed E-state index contributed by atoms with van der Waals surface area (Å²) in [5.41, 5.74) is -0.499. The molecule has 1 amide bonds. The Morgan fingerprint density at radius 3 is 1.81 bits per heavy atom. The van der Waals surface area contributed by atoms with Gasteiger partial charge in [0.25, 0.3) is 5.91 Å². The van der Waals surface area contributed by atoms with Gasteiger partial charge in [0.2, 0.25) is 9.84 Å². The van der Waals surface area contributed by atoms with E-state index in [4.69, 9.17) is 0 Å². The van der Waals surface area contributed by atoms with Gasteiger partial charge >= 0.3 is 0 Å². The minimum absolute atomic E-state index is 0.0277. The number of benzene rings is 3. The quantitative estimate of drug-likeness (QED) is 0.618. The van der Waals surface area contributed by atoms with Crippen molar-refractivity contribution in [2.24, 2.45) is 0 Å². The zero-order chi connectivity index (χ0) is 19.6. The highest BCUT2D eigenvalue weighted by molar-refractivity contribution is 9.10. The van der Waals surface area contributed by atoms with Crippen LogP contribution in [0.25, 0.3) is 0 Å². The normalized spacial score (nSPS) is 11.2. The second-order valence-corrected chi connectivity index (χ2v) is 8.40. The van der Waals surface area contributed by atoms with Crippen molar-refractivity contribution >= 4 is 37.4 Å². The van der Waals surface area contributed by atoms with E-state index in [-0.39, 0.29) is 15.5 Å². The highest BCUT2D eigenvalue weighted by Crippen LogP contribution is 2.24. The van der Waals surface area contributed by atoms with Crippen LogP contribution in [-0.4, -0.2) is 14.3 Å². The molecular weight excluding hydrogens is 440 g/mol. The number of rotatable bonds is 4. The largest absolute Gasteiger partial charge is 0.322 e. The maximum absolute atomic E-state index is 13.7. The van der Waals surface area contributed by atoms with Crippen LogP contribution >= 0.6 is 15.9 Å². The number of carbonyl (C=O) groups is 1. The molecular formula is C19H12BrF2NO3S. The lowest BCUT2D eigenvalue weighted by atomic mass is 10.2. The van der Waals surface area contributed by atoms with Crippen molar-refractivity contribution in [3.05, 3.63) is 88.4 Å². The zero-order valence-electron chi connectivity index (χ0n) is 13.6. The van der Waals surface area contributed by atoms with Gasteiger partial charge in [0.1, 0.15) is 17.2 Å². The van der Waals surface area contributed by atoms with E-state index in [1.165, 1.54) is 36.4 Å². The van der Waals surface area contributed by atoms with Crippen LogP contribution in [0.4, 0.5) is 14.5 Å². The van der Waals surface area contributed by atoms with E-state index in [0.717, 1.165) is 22.7 Å². The van der Waals surface area contributed by atoms with Gasteiger partial charge in [-0.1, -0.05) is 22.0 Å². The third kappa shape index (κ3) is 4.06. The summed E-state index contributed by atoms with van der Waals surface area (Å²) in [7, 11) is -3.72. The van der Waals surface area contributed by atoms with E-state index in [9.17, 15) is 22.0 Å². The van der Waals surface area contributed by atoms with Crippen LogP contribution in [0.15, 0.2) is 81.0 Å². The van der Waals surface area contributed by atoms with Crippen LogP contribution in [0.3, 0.4) is 0 Å². The van der Waals surface area contributed by atoms with E-state index in [1.807, 2.05) is 0 Å². The molecule has 0 aromatic heterocycles. The Bertz CT molecular complexity index is 1080. The molecule has 4 nitrogen and oxygen atoms in total. The van der Waals surface area contributed by atoms with Crippen molar-refractivity contribution in [1.29, 1.82) is 0 Å². The predicted octanol–water partition coefficient (Wildman–Crippen LogP) is 4.81. The number of hydrogen-bond acceptors (Lipinski definition) is 3.